The Morgan fingerprint density at radius 3 is 2.92 bits per heavy atom. The Kier molecular flexibility index (Phi) is 4.51. The van der Waals surface area contributed by atoms with E-state index in [1.165, 1.54) is 16.9 Å². The van der Waals surface area contributed by atoms with Crippen LogP contribution in [0.4, 0.5) is 4.39 Å². The highest BCUT2D eigenvalue weighted by atomic mass is 32.1. The second-order valence-corrected chi connectivity index (χ2v) is 6.81. The molecule has 2 aromatic heterocycles. The van der Waals surface area contributed by atoms with Gasteiger partial charge in [-0.2, -0.15) is 4.80 Å². The van der Waals surface area contributed by atoms with Gasteiger partial charge >= 0.3 is 0 Å². The SMILES string of the molecule is Cn1nnc(C2CN(Cc3nc(-c4ccc(F)cc4)cs3)CCO2)n1. The Hall–Kier alpha value is -2.23. The van der Waals surface area contributed by atoms with Gasteiger partial charge in [-0.05, 0) is 29.5 Å². The first-order chi connectivity index (χ1) is 12.2. The zero-order valence-electron chi connectivity index (χ0n) is 13.7. The van der Waals surface area contributed by atoms with Crippen molar-refractivity contribution in [2.75, 3.05) is 19.7 Å². The maximum Gasteiger partial charge on any atom is 0.204 e. The first-order valence-corrected chi connectivity index (χ1v) is 8.83. The number of rotatable bonds is 4. The summed E-state index contributed by atoms with van der Waals surface area (Å²) < 4.78 is 18.8. The van der Waals surface area contributed by atoms with E-state index in [4.69, 9.17) is 4.74 Å². The second-order valence-electron chi connectivity index (χ2n) is 5.87. The fourth-order valence-electron chi connectivity index (χ4n) is 2.76. The predicted molar refractivity (Wildman–Crippen MR) is 90.3 cm³/mol. The zero-order valence-corrected chi connectivity index (χ0v) is 14.5. The summed E-state index contributed by atoms with van der Waals surface area (Å²) in [4.78, 5) is 8.39. The van der Waals surface area contributed by atoms with Gasteiger partial charge in [0.25, 0.3) is 0 Å². The van der Waals surface area contributed by atoms with Crippen molar-refractivity contribution in [3.8, 4) is 11.3 Å². The molecule has 4 rings (SSSR count). The van der Waals surface area contributed by atoms with Crippen molar-refractivity contribution < 1.29 is 9.13 Å². The minimum absolute atomic E-state index is 0.168. The Labute approximate surface area is 148 Å². The minimum Gasteiger partial charge on any atom is -0.367 e. The molecule has 0 bridgehead atoms. The van der Waals surface area contributed by atoms with Gasteiger partial charge in [-0.25, -0.2) is 9.37 Å². The molecule has 1 aliphatic rings. The molecule has 0 aliphatic carbocycles. The number of morpholine rings is 1. The van der Waals surface area contributed by atoms with E-state index in [9.17, 15) is 4.39 Å². The summed E-state index contributed by atoms with van der Waals surface area (Å²) in [5, 5.41) is 15.2. The lowest BCUT2D eigenvalue weighted by molar-refractivity contribution is -0.0373. The van der Waals surface area contributed by atoms with Crippen LogP contribution >= 0.6 is 11.3 Å². The van der Waals surface area contributed by atoms with Gasteiger partial charge in [-0.15, -0.1) is 21.5 Å². The van der Waals surface area contributed by atoms with Crippen LogP contribution in [0.5, 0.6) is 0 Å². The number of hydrogen-bond donors (Lipinski definition) is 0. The van der Waals surface area contributed by atoms with Crippen LogP contribution in [-0.4, -0.2) is 49.8 Å². The Balaban J connectivity index is 1.42. The molecule has 130 valence electrons. The molecule has 0 radical (unpaired) electrons. The lowest BCUT2D eigenvalue weighted by atomic mass is 10.2. The maximum atomic E-state index is 13.0. The smallest absolute Gasteiger partial charge is 0.204 e. The van der Waals surface area contributed by atoms with Crippen molar-refractivity contribution in [2.45, 2.75) is 12.6 Å². The Morgan fingerprint density at radius 2 is 2.16 bits per heavy atom. The molecular weight excluding hydrogens is 343 g/mol. The van der Waals surface area contributed by atoms with E-state index < -0.39 is 0 Å². The first kappa shape index (κ1) is 16.2. The van der Waals surface area contributed by atoms with Crippen LogP contribution in [0.15, 0.2) is 29.6 Å². The molecule has 7 nitrogen and oxygen atoms in total. The number of aryl methyl sites for hydroxylation is 1. The van der Waals surface area contributed by atoms with Crippen molar-refractivity contribution in [3.05, 3.63) is 46.3 Å². The van der Waals surface area contributed by atoms with E-state index in [-0.39, 0.29) is 11.9 Å². The van der Waals surface area contributed by atoms with Crippen LogP contribution in [0.1, 0.15) is 16.9 Å². The molecule has 0 amide bonds. The third-order valence-electron chi connectivity index (χ3n) is 4.01. The van der Waals surface area contributed by atoms with Crippen LogP contribution in [-0.2, 0) is 18.3 Å². The fourth-order valence-corrected chi connectivity index (χ4v) is 3.60. The summed E-state index contributed by atoms with van der Waals surface area (Å²) >= 11 is 1.61. The van der Waals surface area contributed by atoms with E-state index in [1.807, 2.05) is 5.38 Å². The molecule has 1 unspecified atom stereocenters. The van der Waals surface area contributed by atoms with Crippen molar-refractivity contribution in [2.24, 2.45) is 7.05 Å². The highest BCUT2D eigenvalue weighted by molar-refractivity contribution is 7.09. The normalized spacial score (nSPS) is 18.6. The van der Waals surface area contributed by atoms with Crippen molar-refractivity contribution in [3.63, 3.8) is 0 Å². The molecule has 3 heterocycles. The summed E-state index contributed by atoms with van der Waals surface area (Å²) in [5.41, 5.74) is 1.80. The van der Waals surface area contributed by atoms with E-state index in [1.54, 1.807) is 30.5 Å². The van der Waals surface area contributed by atoms with Gasteiger partial charge in [0.2, 0.25) is 5.82 Å². The second kappa shape index (κ2) is 6.95. The predicted octanol–water partition coefficient (Wildman–Crippen LogP) is 2.05. The van der Waals surface area contributed by atoms with E-state index >= 15 is 0 Å². The largest absolute Gasteiger partial charge is 0.367 e. The highest BCUT2D eigenvalue weighted by Gasteiger charge is 2.26. The molecule has 1 aliphatic heterocycles. The number of aromatic nitrogens is 5. The van der Waals surface area contributed by atoms with E-state index in [0.717, 1.165) is 29.4 Å². The van der Waals surface area contributed by atoms with Gasteiger partial charge in [0, 0.05) is 24.0 Å². The molecule has 1 saturated heterocycles. The fraction of sp³-hybridized carbons (Fsp3) is 0.375. The number of benzene rings is 1. The molecule has 1 aromatic carbocycles. The first-order valence-electron chi connectivity index (χ1n) is 7.95. The molecule has 9 heteroatoms. The van der Waals surface area contributed by atoms with E-state index in [0.29, 0.717) is 19.0 Å². The topological polar surface area (TPSA) is 69.0 Å². The van der Waals surface area contributed by atoms with Gasteiger partial charge in [0.1, 0.15) is 16.9 Å². The molecule has 0 spiro atoms. The number of thiazole rings is 1. The lowest BCUT2D eigenvalue weighted by Gasteiger charge is -2.30. The molecule has 0 N–H and O–H groups in total. The minimum atomic E-state index is -0.240. The average molecular weight is 360 g/mol. The Bertz CT molecular complexity index is 848. The highest BCUT2D eigenvalue weighted by Crippen LogP contribution is 2.25. The van der Waals surface area contributed by atoms with Crippen LogP contribution in [0, 0.1) is 5.82 Å². The molecule has 0 saturated carbocycles. The molecule has 25 heavy (non-hydrogen) atoms. The van der Waals surface area contributed by atoms with Gasteiger partial charge < -0.3 is 4.74 Å². The average Bonchev–Trinajstić information content (AvgIpc) is 3.25. The number of ether oxygens (including phenoxy) is 1. The number of hydrogen-bond acceptors (Lipinski definition) is 7. The van der Waals surface area contributed by atoms with Crippen LogP contribution < -0.4 is 0 Å². The van der Waals surface area contributed by atoms with Crippen molar-refractivity contribution in [1.29, 1.82) is 0 Å². The Morgan fingerprint density at radius 1 is 1.32 bits per heavy atom. The molecule has 1 atom stereocenters. The monoisotopic (exact) mass is 360 g/mol. The van der Waals surface area contributed by atoms with Crippen molar-refractivity contribution in [1.82, 2.24) is 30.1 Å². The number of halogens is 1. The third-order valence-corrected chi connectivity index (χ3v) is 4.85. The quantitative estimate of drug-likeness (QED) is 0.709. The zero-order chi connectivity index (χ0) is 17.2. The number of nitrogens with zero attached hydrogens (tertiary/aromatic N) is 6. The molecule has 1 fully saturated rings. The lowest BCUT2D eigenvalue weighted by Crippen LogP contribution is -2.38. The standard InChI is InChI=1S/C16H17FN6OS/c1-22-20-16(19-21-22)14-8-23(6-7-24-14)9-15-18-13(10-25-15)11-2-4-12(17)5-3-11/h2-5,10,14H,6-9H2,1H3. The van der Waals surface area contributed by atoms with Crippen LogP contribution in [0.25, 0.3) is 11.3 Å². The van der Waals surface area contributed by atoms with Gasteiger partial charge in [-0.1, -0.05) is 0 Å². The maximum absolute atomic E-state index is 13.0. The van der Waals surface area contributed by atoms with Crippen molar-refractivity contribution >= 4 is 11.3 Å². The van der Waals surface area contributed by atoms with Gasteiger partial charge in [0.05, 0.1) is 25.9 Å². The van der Waals surface area contributed by atoms with Gasteiger partial charge in [0.15, 0.2) is 0 Å². The molecule has 3 aromatic rings. The summed E-state index contributed by atoms with van der Waals surface area (Å²) in [6.07, 6.45) is -0.168. The van der Waals surface area contributed by atoms with Gasteiger partial charge in [-0.3, -0.25) is 4.90 Å². The summed E-state index contributed by atoms with van der Waals surface area (Å²) in [6.45, 7) is 2.91. The van der Waals surface area contributed by atoms with Crippen LogP contribution in [0.2, 0.25) is 0 Å². The summed E-state index contributed by atoms with van der Waals surface area (Å²) in [5.74, 6) is 0.370. The van der Waals surface area contributed by atoms with E-state index in [2.05, 4.69) is 25.3 Å². The molecular formula is C16H17FN6OS. The van der Waals surface area contributed by atoms with Crippen LogP contribution in [0.3, 0.4) is 0 Å². The number of tetrazole rings is 1. The summed E-state index contributed by atoms with van der Waals surface area (Å²) in [6, 6.07) is 6.40. The summed E-state index contributed by atoms with van der Waals surface area (Å²) in [7, 11) is 1.74. The third kappa shape index (κ3) is 3.73.